The highest BCUT2D eigenvalue weighted by atomic mass is 32.9. The third kappa shape index (κ3) is 8.93. The largest absolute Gasteiger partial charge is 0.462 e. The minimum absolute atomic E-state index is 0.0466. The summed E-state index contributed by atoms with van der Waals surface area (Å²) >= 11 is 5.15. The number of nitrogens with one attached hydrogen (secondary N) is 1. The highest BCUT2D eigenvalue weighted by molar-refractivity contribution is 7.80. The van der Waals surface area contributed by atoms with Gasteiger partial charge in [0.1, 0.15) is 20.9 Å². The SMILES string of the molecule is CC(=O)Oc1ccc(NC(=O)Oc2ccc(-c3cc(=S)ss3)cc2)cc1C(=O)OCCCCO[N+](=O)[O-]. The number of benzene rings is 2. The van der Waals surface area contributed by atoms with Gasteiger partial charge in [-0.05, 0) is 66.9 Å². The number of nitrogens with zero attached hydrogens (tertiary/aromatic N) is 1. The molecule has 0 unspecified atom stereocenters. The molecule has 194 valence electrons. The smallest absolute Gasteiger partial charge is 0.417 e. The van der Waals surface area contributed by atoms with E-state index in [1.54, 1.807) is 22.5 Å². The topological polar surface area (TPSA) is 143 Å². The van der Waals surface area contributed by atoms with Crippen molar-refractivity contribution < 1.29 is 38.5 Å². The zero-order valence-corrected chi connectivity index (χ0v) is 21.7. The molecule has 3 rings (SSSR count). The Morgan fingerprint density at radius 1 is 1.00 bits per heavy atom. The molecular weight excluding hydrogens is 544 g/mol. The van der Waals surface area contributed by atoms with Gasteiger partial charge >= 0.3 is 18.0 Å². The Hall–Kier alpha value is -3.88. The third-order valence-electron chi connectivity index (χ3n) is 4.48. The first kappa shape index (κ1) is 27.7. The van der Waals surface area contributed by atoms with E-state index in [4.69, 9.17) is 26.4 Å². The van der Waals surface area contributed by atoms with Crippen molar-refractivity contribution in [3.05, 3.63) is 68.0 Å². The first-order valence-electron chi connectivity index (χ1n) is 10.7. The highest BCUT2D eigenvalue weighted by Gasteiger charge is 2.18. The summed E-state index contributed by atoms with van der Waals surface area (Å²) in [4.78, 5) is 51.7. The van der Waals surface area contributed by atoms with Crippen LogP contribution in [0.5, 0.6) is 11.5 Å². The quantitative estimate of drug-likeness (QED) is 0.0569. The Kier molecular flexibility index (Phi) is 10.1. The Balaban J connectivity index is 1.61. The fourth-order valence-corrected chi connectivity index (χ4v) is 5.31. The van der Waals surface area contributed by atoms with Crippen molar-refractivity contribution in [2.24, 2.45) is 0 Å². The molecule has 1 amide bonds. The molecule has 0 saturated heterocycles. The van der Waals surface area contributed by atoms with Gasteiger partial charge in [0, 0.05) is 17.5 Å². The third-order valence-corrected chi connectivity index (χ3v) is 7.39. The molecule has 37 heavy (non-hydrogen) atoms. The summed E-state index contributed by atoms with van der Waals surface area (Å²) < 4.78 is 16.3. The lowest BCUT2D eigenvalue weighted by molar-refractivity contribution is -0.757. The number of hydrogen-bond acceptors (Lipinski definition) is 12. The normalized spacial score (nSPS) is 10.3. The molecule has 1 N–H and O–H groups in total. The van der Waals surface area contributed by atoms with Crippen molar-refractivity contribution in [1.82, 2.24) is 0 Å². The van der Waals surface area contributed by atoms with Gasteiger partial charge < -0.3 is 19.0 Å². The van der Waals surface area contributed by atoms with E-state index in [1.807, 2.05) is 18.2 Å². The second kappa shape index (κ2) is 13.4. The van der Waals surface area contributed by atoms with Crippen molar-refractivity contribution in [3.8, 4) is 21.9 Å². The maximum atomic E-state index is 12.6. The number of ether oxygens (including phenoxy) is 3. The number of esters is 2. The molecule has 0 aliphatic heterocycles. The van der Waals surface area contributed by atoms with Gasteiger partial charge in [-0.25, -0.2) is 9.59 Å². The van der Waals surface area contributed by atoms with Crippen LogP contribution in [0.4, 0.5) is 10.5 Å². The van der Waals surface area contributed by atoms with Gasteiger partial charge in [-0.3, -0.25) is 10.1 Å². The van der Waals surface area contributed by atoms with E-state index in [1.165, 1.54) is 35.5 Å². The first-order valence-corrected chi connectivity index (χ1v) is 13.2. The predicted octanol–water partition coefficient (Wildman–Crippen LogP) is 5.89. The molecule has 0 fully saturated rings. The van der Waals surface area contributed by atoms with Crippen LogP contribution in [0.15, 0.2) is 48.5 Å². The van der Waals surface area contributed by atoms with Crippen LogP contribution in [0, 0.1) is 13.9 Å². The van der Waals surface area contributed by atoms with Crippen LogP contribution in [0.3, 0.4) is 0 Å². The Bertz CT molecular complexity index is 1340. The molecule has 0 aliphatic rings. The molecule has 2 aromatic carbocycles. The number of hydrogen-bond donors (Lipinski definition) is 1. The summed E-state index contributed by atoms with van der Waals surface area (Å²) in [5.41, 5.74) is 1.04. The van der Waals surface area contributed by atoms with Crippen LogP contribution < -0.4 is 14.8 Å². The molecule has 0 radical (unpaired) electrons. The van der Waals surface area contributed by atoms with Gasteiger partial charge in [-0.15, -0.1) is 10.1 Å². The zero-order valence-electron chi connectivity index (χ0n) is 19.3. The van der Waals surface area contributed by atoms with Crippen molar-refractivity contribution in [2.45, 2.75) is 19.8 Å². The van der Waals surface area contributed by atoms with E-state index in [9.17, 15) is 24.5 Å². The van der Waals surface area contributed by atoms with Gasteiger partial charge in [-0.2, -0.15) is 0 Å². The Morgan fingerprint density at radius 2 is 1.73 bits per heavy atom. The summed E-state index contributed by atoms with van der Waals surface area (Å²) in [6.07, 6.45) is -0.195. The van der Waals surface area contributed by atoms with Crippen molar-refractivity contribution in [3.63, 3.8) is 0 Å². The minimum Gasteiger partial charge on any atom is -0.462 e. The number of carbonyl (C=O) groups is 3. The number of anilines is 1. The lowest BCUT2D eigenvalue weighted by atomic mass is 10.1. The molecule has 0 atom stereocenters. The van der Waals surface area contributed by atoms with Gasteiger partial charge in [0.15, 0.2) is 0 Å². The van der Waals surface area contributed by atoms with Crippen LogP contribution in [0.1, 0.15) is 30.1 Å². The van der Waals surface area contributed by atoms with Gasteiger partial charge in [0.05, 0.1) is 13.2 Å². The summed E-state index contributed by atoms with van der Waals surface area (Å²) in [6.45, 7) is 1.00. The van der Waals surface area contributed by atoms with Gasteiger partial charge in [0.2, 0.25) is 0 Å². The Morgan fingerprint density at radius 3 is 2.38 bits per heavy atom. The average Bonchev–Trinajstić information content (AvgIpc) is 3.28. The molecule has 0 saturated carbocycles. The van der Waals surface area contributed by atoms with Crippen molar-refractivity contribution >= 4 is 56.6 Å². The molecule has 11 nitrogen and oxygen atoms in total. The first-order chi connectivity index (χ1) is 17.7. The van der Waals surface area contributed by atoms with Crippen molar-refractivity contribution in [1.29, 1.82) is 0 Å². The molecule has 0 bridgehead atoms. The lowest BCUT2D eigenvalue weighted by Crippen LogP contribution is -2.18. The maximum absolute atomic E-state index is 12.6. The molecule has 3 aromatic rings. The summed E-state index contributed by atoms with van der Waals surface area (Å²) in [5, 5.41) is 11.8. The fourth-order valence-electron chi connectivity index (χ4n) is 2.91. The molecule has 1 aromatic heterocycles. The van der Waals surface area contributed by atoms with E-state index in [-0.39, 0.29) is 30.2 Å². The second-order valence-electron chi connectivity index (χ2n) is 7.24. The molecule has 14 heteroatoms. The number of amides is 1. The maximum Gasteiger partial charge on any atom is 0.417 e. The second-order valence-corrected chi connectivity index (χ2v) is 10.1. The van der Waals surface area contributed by atoms with Crippen LogP contribution in [0.2, 0.25) is 0 Å². The fraction of sp³-hybridized carbons (Fsp3) is 0.217. The van der Waals surface area contributed by atoms with Crippen LogP contribution >= 0.6 is 32.9 Å². The lowest BCUT2D eigenvalue weighted by Gasteiger charge is -2.12. The van der Waals surface area contributed by atoms with Gasteiger partial charge in [0.25, 0.3) is 5.09 Å². The number of unbranched alkanes of at least 4 members (excludes halogenated alkanes) is 1. The van der Waals surface area contributed by atoms with Crippen molar-refractivity contribution in [2.75, 3.05) is 18.5 Å². The number of rotatable bonds is 11. The molecule has 0 aliphatic carbocycles. The van der Waals surface area contributed by atoms with Crippen LogP contribution in [-0.4, -0.2) is 36.3 Å². The van der Waals surface area contributed by atoms with E-state index >= 15 is 0 Å². The molecule has 0 spiro atoms. The number of carbonyl (C=O) groups excluding carboxylic acids is 3. The molecule has 1 heterocycles. The summed E-state index contributed by atoms with van der Waals surface area (Å²) in [5.74, 6) is -1.21. The van der Waals surface area contributed by atoms with Crippen LogP contribution in [0.25, 0.3) is 10.4 Å². The zero-order chi connectivity index (χ0) is 26.8. The summed E-state index contributed by atoms with van der Waals surface area (Å²) in [7, 11) is 3.06. The monoisotopic (exact) mass is 564 g/mol. The highest BCUT2D eigenvalue weighted by Crippen LogP contribution is 2.30. The van der Waals surface area contributed by atoms with Crippen LogP contribution in [-0.2, 0) is 14.4 Å². The Labute approximate surface area is 223 Å². The van der Waals surface area contributed by atoms with E-state index in [0.717, 1.165) is 14.3 Å². The summed E-state index contributed by atoms with van der Waals surface area (Å²) in [6, 6.07) is 12.9. The van der Waals surface area contributed by atoms with E-state index in [2.05, 4.69) is 10.2 Å². The standard InChI is InChI=1S/C23H20N2O9S3/c1-14(26)33-19-9-6-16(12-18(19)22(27)31-10-2-3-11-32-25(29)30)24-23(28)34-17-7-4-15(5-8-17)20-13-21(35)37-36-20/h4-9,12-13H,2-3,10-11H2,1H3,(H,24,28). The van der Waals surface area contributed by atoms with Gasteiger partial charge in [-0.1, -0.05) is 32.9 Å². The average molecular weight is 565 g/mol. The molecular formula is C23H20N2O9S3. The predicted molar refractivity (Wildman–Crippen MR) is 138 cm³/mol. The van der Waals surface area contributed by atoms with E-state index < -0.39 is 23.1 Å². The van der Waals surface area contributed by atoms with E-state index in [0.29, 0.717) is 18.6 Å². The minimum atomic E-state index is -0.904.